The van der Waals surface area contributed by atoms with Gasteiger partial charge in [-0.05, 0) is 45.0 Å². The molecule has 0 aliphatic carbocycles. The first-order valence-corrected chi connectivity index (χ1v) is 7.57. The molecule has 0 radical (unpaired) electrons. The van der Waals surface area contributed by atoms with Crippen LogP contribution in [0.5, 0.6) is 5.75 Å². The summed E-state index contributed by atoms with van der Waals surface area (Å²) >= 11 is 3.49. The molecule has 1 aromatic carbocycles. The summed E-state index contributed by atoms with van der Waals surface area (Å²) in [4.78, 5) is 0. The van der Waals surface area contributed by atoms with Crippen molar-refractivity contribution in [1.82, 2.24) is 5.32 Å². The van der Waals surface area contributed by atoms with Gasteiger partial charge < -0.3 is 15.2 Å². The first-order chi connectivity index (χ1) is 8.89. The van der Waals surface area contributed by atoms with Crippen molar-refractivity contribution >= 4 is 15.9 Å². The number of halogens is 1. The second-order valence-electron chi connectivity index (χ2n) is 5.10. The van der Waals surface area contributed by atoms with Crippen LogP contribution in [0.4, 0.5) is 0 Å². The van der Waals surface area contributed by atoms with E-state index in [1.165, 1.54) is 0 Å². The standard InChI is InChI=1S/C15H24BrNO2/c1-5-15(4,18)10-19-14-8-7-12(16)9-13(14)11(3)17-6-2/h7-9,11,17-18H,5-6,10H2,1-4H3. The molecule has 0 fully saturated rings. The predicted octanol–water partition coefficient (Wildman–Crippen LogP) is 3.66. The fraction of sp³-hybridized carbons (Fsp3) is 0.600. The lowest BCUT2D eigenvalue weighted by Crippen LogP contribution is -2.31. The van der Waals surface area contributed by atoms with E-state index in [1.807, 2.05) is 19.1 Å². The van der Waals surface area contributed by atoms with Gasteiger partial charge in [-0.2, -0.15) is 0 Å². The normalized spacial score (nSPS) is 15.9. The number of nitrogens with one attached hydrogen (secondary N) is 1. The van der Waals surface area contributed by atoms with Crippen LogP contribution in [0.15, 0.2) is 22.7 Å². The monoisotopic (exact) mass is 329 g/mol. The molecule has 2 unspecified atom stereocenters. The third-order valence-electron chi connectivity index (χ3n) is 3.25. The van der Waals surface area contributed by atoms with Crippen molar-refractivity contribution < 1.29 is 9.84 Å². The van der Waals surface area contributed by atoms with Crippen LogP contribution in [0, 0.1) is 0 Å². The summed E-state index contributed by atoms with van der Waals surface area (Å²) < 4.78 is 6.83. The summed E-state index contributed by atoms with van der Waals surface area (Å²) in [6, 6.07) is 6.17. The Morgan fingerprint density at radius 1 is 1.42 bits per heavy atom. The first-order valence-electron chi connectivity index (χ1n) is 6.77. The minimum absolute atomic E-state index is 0.212. The van der Waals surface area contributed by atoms with E-state index in [2.05, 4.69) is 41.2 Å². The summed E-state index contributed by atoms with van der Waals surface area (Å²) in [7, 11) is 0. The molecule has 0 saturated carbocycles. The lowest BCUT2D eigenvalue weighted by molar-refractivity contribution is 0.00805. The molecule has 0 aromatic heterocycles. The molecule has 0 amide bonds. The van der Waals surface area contributed by atoms with Gasteiger partial charge in [0, 0.05) is 16.1 Å². The van der Waals surface area contributed by atoms with Gasteiger partial charge in [-0.3, -0.25) is 0 Å². The molecule has 1 rings (SSSR count). The molecule has 2 N–H and O–H groups in total. The zero-order valence-corrected chi connectivity index (χ0v) is 13.8. The van der Waals surface area contributed by atoms with Crippen LogP contribution in [-0.2, 0) is 0 Å². The third kappa shape index (κ3) is 5.13. The van der Waals surface area contributed by atoms with Crippen molar-refractivity contribution in [3.05, 3.63) is 28.2 Å². The number of hydrogen-bond acceptors (Lipinski definition) is 3. The van der Waals surface area contributed by atoms with Crippen LogP contribution in [-0.4, -0.2) is 23.9 Å². The van der Waals surface area contributed by atoms with E-state index in [9.17, 15) is 5.11 Å². The minimum Gasteiger partial charge on any atom is -0.490 e. The highest BCUT2D eigenvalue weighted by Gasteiger charge is 2.20. The summed E-state index contributed by atoms with van der Waals surface area (Å²) in [6.45, 7) is 9.14. The second-order valence-corrected chi connectivity index (χ2v) is 6.02. The predicted molar refractivity (Wildman–Crippen MR) is 82.6 cm³/mol. The molecule has 2 atom stereocenters. The van der Waals surface area contributed by atoms with Crippen LogP contribution in [0.3, 0.4) is 0 Å². The van der Waals surface area contributed by atoms with Gasteiger partial charge in [0.2, 0.25) is 0 Å². The average Bonchev–Trinajstić information content (AvgIpc) is 2.37. The highest BCUT2D eigenvalue weighted by molar-refractivity contribution is 9.10. The Balaban J connectivity index is 2.87. The molecular formula is C15H24BrNO2. The number of hydrogen-bond donors (Lipinski definition) is 2. The fourth-order valence-corrected chi connectivity index (χ4v) is 2.12. The maximum absolute atomic E-state index is 10.0. The largest absolute Gasteiger partial charge is 0.490 e. The Kier molecular flexibility index (Phi) is 6.30. The van der Waals surface area contributed by atoms with E-state index >= 15 is 0 Å². The Bertz CT molecular complexity index is 407. The molecule has 0 spiro atoms. The molecule has 0 saturated heterocycles. The minimum atomic E-state index is -0.786. The van der Waals surface area contributed by atoms with Crippen molar-refractivity contribution in [2.24, 2.45) is 0 Å². The molecule has 0 bridgehead atoms. The van der Waals surface area contributed by atoms with Gasteiger partial charge in [-0.25, -0.2) is 0 Å². The first kappa shape index (κ1) is 16.5. The van der Waals surface area contributed by atoms with Gasteiger partial charge >= 0.3 is 0 Å². The van der Waals surface area contributed by atoms with Crippen molar-refractivity contribution in [3.63, 3.8) is 0 Å². The van der Waals surface area contributed by atoms with Crippen molar-refractivity contribution in [2.75, 3.05) is 13.2 Å². The van der Waals surface area contributed by atoms with E-state index in [0.717, 1.165) is 22.3 Å². The highest BCUT2D eigenvalue weighted by atomic mass is 79.9. The highest BCUT2D eigenvalue weighted by Crippen LogP contribution is 2.29. The zero-order chi connectivity index (χ0) is 14.5. The molecule has 3 nitrogen and oxygen atoms in total. The van der Waals surface area contributed by atoms with Gasteiger partial charge in [0.15, 0.2) is 0 Å². The zero-order valence-electron chi connectivity index (χ0n) is 12.2. The van der Waals surface area contributed by atoms with Crippen LogP contribution in [0.1, 0.15) is 45.7 Å². The summed E-state index contributed by atoms with van der Waals surface area (Å²) in [5, 5.41) is 13.4. The van der Waals surface area contributed by atoms with Gasteiger partial charge in [0.05, 0.1) is 5.60 Å². The number of aliphatic hydroxyl groups is 1. The molecule has 108 valence electrons. The summed E-state index contributed by atoms with van der Waals surface area (Å²) in [6.07, 6.45) is 0.668. The lowest BCUT2D eigenvalue weighted by Gasteiger charge is -2.24. The van der Waals surface area contributed by atoms with Crippen LogP contribution >= 0.6 is 15.9 Å². The van der Waals surface area contributed by atoms with Crippen LogP contribution in [0.2, 0.25) is 0 Å². The maximum Gasteiger partial charge on any atom is 0.124 e. The number of benzene rings is 1. The maximum atomic E-state index is 10.0. The summed E-state index contributed by atoms with van der Waals surface area (Å²) in [5.41, 5.74) is 0.314. The quantitative estimate of drug-likeness (QED) is 0.802. The second kappa shape index (κ2) is 7.27. The van der Waals surface area contributed by atoms with Crippen LogP contribution in [0.25, 0.3) is 0 Å². The van der Waals surface area contributed by atoms with Gasteiger partial charge in [0.25, 0.3) is 0 Å². The van der Waals surface area contributed by atoms with E-state index in [4.69, 9.17) is 4.74 Å². The van der Waals surface area contributed by atoms with Gasteiger partial charge in [-0.1, -0.05) is 29.8 Å². The Hall–Kier alpha value is -0.580. The number of rotatable bonds is 7. The SMILES string of the molecule is CCNC(C)c1cc(Br)ccc1OCC(C)(O)CC. The van der Waals surface area contributed by atoms with Crippen molar-refractivity contribution in [3.8, 4) is 5.75 Å². The van der Waals surface area contributed by atoms with Crippen LogP contribution < -0.4 is 10.1 Å². The Morgan fingerprint density at radius 2 is 2.11 bits per heavy atom. The molecule has 0 aliphatic rings. The molecule has 4 heteroatoms. The Labute approximate surface area is 124 Å². The van der Waals surface area contributed by atoms with Crippen molar-refractivity contribution in [2.45, 2.75) is 45.8 Å². The lowest BCUT2D eigenvalue weighted by atomic mass is 10.0. The van der Waals surface area contributed by atoms with E-state index in [-0.39, 0.29) is 6.04 Å². The van der Waals surface area contributed by atoms with Gasteiger partial charge in [0.1, 0.15) is 12.4 Å². The van der Waals surface area contributed by atoms with E-state index in [0.29, 0.717) is 13.0 Å². The molecular weight excluding hydrogens is 306 g/mol. The Morgan fingerprint density at radius 3 is 2.68 bits per heavy atom. The summed E-state index contributed by atoms with van der Waals surface area (Å²) in [5.74, 6) is 0.824. The third-order valence-corrected chi connectivity index (χ3v) is 3.74. The fourth-order valence-electron chi connectivity index (χ4n) is 1.74. The van der Waals surface area contributed by atoms with Gasteiger partial charge in [-0.15, -0.1) is 0 Å². The number of ether oxygens (including phenoxy) is 1. The topological polar surface area (TPSA) is 41.5 Å². The van der Waals surface area contributed by atoms with E-state index < -0.39 is 5.60 Å². The average molecular weight is 330 g/mol. The molecule has 0 aliphatic heterocycles. The molecule has 1 aromatic rings. The van der Waals surface area contributed by atoms with Crippen molar-refractivity contribution in [1.29, 1.82) is 0 Å². The smallest absolute Gasteiger partial charge is 0.124 e. The molecule has 0 heterocycles. The molecule has 19 heavy (non-hydrogen) atoms. The van der Waals surface area contributed by atoms with E-state index in [1.54, 1.807) is 6.92 Å².